The largest absolute Gasteiger partial charge is 0.367 e. The first kappa shape index (κ1) is 10.0. The normalized spacial score (nSPS) is 10.2. The van der Waals surface area contributed by atoms with Crippen molar-refractivity contribution in [2.24, 2.45) is 0 Å². The van der Waals surface area contributed by atoms with Gasteiger partial charge in [-0.05, 0) is 15.9 Å². The highest BCUT2D eigenvalue weighted by molar-refractivity contribution is 9.10. The lowest BCUT2D eigenvalue weighted by Gasteiger charge is -2.04. The second-order valence-electron chi connectivity index (χ2n) is 2.81. The van der Waals surface area contributed by atoms with Crippen LogP contribution < -0.4 is 5.32 Å². The molecule has 0 saturated heterocycles. The van der Waals surface area contributed by atoms with E-state index in [1.54, 1.807) is 23.4 Å². The number of nitrogens with zero attached hydrogens (tertiary/aromatic N) is 5. The van der Waals surface area contributed by atoms with Crippen LogP contribution in [0.2, 0.25) is 0 Å². The van der Waals surface area contributed by atoms with Gasteiger partial charge in [0.25, 0.3) is 0 Å². The highest BCUT2D eigenvalue weighted by Gasteiger charge is 1.95. The smallest absolute Gasteiger partial charge is 0.144 e. The number of nitrogens with one attached hydrogen (secondary N) is 1. The van der Waals surface area contributed by atoms with Gasteiger partial charge in [0.2, 0.25) is 0 Å². The van der Waals surface area contributed by atoms with Crippen LogP contribution >= 0.6 is 15.9 Å². The third-order valence-electron chi connectivity index (χ3n) is 1.73. The van der Waals surface area contributed by atoms with Crippen LogP contribution in [0.1, 0.15) is 0 Å². The second kappa shape index (κ2) is 4.83. The molecule has 1 N–H and O–H groups in total. The van der Waals surface area contributed by atoms with Crippen molar-refractivity contribution in [1.29, 1.82) is 0 Å². The molecule has 0 fully saturated rings. The van der Waals surface area contributed by atoms with Gasteiger partial charge in [-0.25, -0.2) is 15.0 Å². The molecule has 0 aliphatic rings. The van der Waals surface area contributed by atoms with E-state index in [0.717, 1.165) is 23.5 Å². The maximum Gasteiger partial charge on any atom is 0.144 e. The Morgan fingerprint density at radius 3 is 2.93 bits per heavy atom. The highest BCUT2D eigenvalue weighted by atomic mass is 79.9. The van der Waals surface area contributed by atoms with E-state index in [-0.39, 0.29) is 0 Å². The Bertz CT molecular complexity index is 398. The van der Waals surface area contributed by atoms with Gasteiger partial charge in [0.05, 0.1) is 18.9 Å². The summed E-state index contributed by atoms with van der Waals surface area (Å²) < 4.78 is 2.48. The quantitative estimate of drug-likeness (QED) is 0.894. The molecule has 0 aromatic carbocycles. The van der Waals surface area contributed by atoms with Gasteiger partial charge in [-0.3, -0.25) is 4.68 Å². The van der Waals surface area contributed by atoms with Crippen LogP contribution in [0.15, 0.2) is 29.7 Å². The monoisotopic (exact) mass is 268 g/mol. The van der Waals surface area contributed by atoms with E-state index < -0.39 is 0 Å². The molecule has 0 bridgehead atoms. The van der Waals surface area contributed by atoms with E-state index in [1.807, 2.05) is 0 Å². The summed E-state index contributed by atoms with van der Waals surface area (Å²) >= 11 is 3.22. The van der Waals surface area contributed by atoms with Crippen molar-refractivity contribution < 1.29 is 0 Å². The lowest BCUT2D eigenvalue weighted by Crippen LogP contribution is -2.11. The fourth-order valence-electron chi connectivity index (χ4n) is 1.05. The molecule has 7 heteroatoms. The van der Waals surface area contributed by atoms with E-state index in [1.165, 1.54) is 6.33 Å². The average Bonchev–Trinajstić information content (AvgIpc) is 2.74. The molecule has 2 rings (SSSR count). The van der Waals surface area contributed by atoms with Crippen LogP contribution in [0.5, 0.6) is 0 Å². The first-order valence-corrected chi connectivity index (χ1v) is 5.18. The molecule has 0 aliphatic heterocycles. The molecule has 0 amide bonds. The zero-order valence-electron chi connectivity index (χ0n) is 7.84. The van der Waals surface area contributed by atoms with Crippen molar-refractivity contribution >= 4 is 21.7 Å². The van der Waals surface area contributed by atoms with Crippen LogP contribution in [0.25, 0.3) is 0 Å². The van der Waals surface area contributed by atoms with E-state index in [2.05, 4.69) is 41.3 Å². The molecule has 78 valence electrons. The molecule has 2 aromatic heterocycles. The minimum atomic E-state index is 0.726. The number of halogens is 1. The summed E-state index contributed by atoms with van der Waals surface area (Å²) in [6.45, 7) is 1.48. The molecule has 0 spiro atoms. The number of hydrogen-bond acceptors (Lipinski definition) is 5. The van der Waals surface area contributed by atoms with Crippen LogP contribution in [0.4, 0.5) is 5.82 Å². The summed E-state index contributed by atoms with van der Waals surface area (Å²) in [6, 6.07) is 0. The summed E-state index contributed by atoms with van der Waals surface area (Å²) in [5, 5.41) is 7.11. The summed E-state index contributed by atoms with van der Waals surface area (Å²) in [6.07, 6.45) is 6.51. The summed E-state index contributed by atoms with van der Waals surface area (Å²) in [7, 11) is 0. The fourth-order valence-corrected chi connectivity index (χ4v) is 1.26. The topological polar surface area (TPSA) is 68.5 Å². The number of aromatic nitrogens is 5. The average molecular weight is 269 g/mol. The molecule has 0 aliphatic carbocycles. The van der Waals surface area contributed by atoms with Crippen molar-refractivity contribution in [2.45, 2.75) is 6.54 Å². The van der Waals surface area contributed by atoms with Gasteiger partial charge in [-0.1, -0.05) is 0 Å². The second-order valence-corrected chi connectivity index (χ2v) is 3.62. The van der Waals surface area contributed by atoms with Crippen molar-refractivity contribution in [3.05, 3.63) is 29.7 Å². The van der Waals surface area contributed by atoms with Crippen LogP contribution in [0, 0.1) is 0 Å². The lowest BCUT2D eigenvalue weighted by molar-refractivity contribution is 0.635. The predicted octanol–water partition coefficient (Wildman–Crippen LogP) is 0.943. The number of anilines is 1. The van der Waals surface area contributed by atoms with Gasteiger partial charge in [0.1, 0.15) is 23.1 Å². The van der Waals surface area contributed by atoms with Crippen molar-refractivity contribution in [1.82, 2.24) is 24.7 Å². The van der Waals surface area contributed by atoms with Crippen LogP contribution in [-0.4, -0.2) is 31.3 Å². The fraction of sp³-hybridized carbons (Fsp3) is 0.250. The summed E-state index contributed by atoms with van der Waals surface area (Å²) in [5.74, 6) is 0.748. The SMILES string of the molecule is Brc1cnc(NCCn2cncn2)cn1. The summed E-state index contributed by atoms with van der Waals surface area (Å²) in [4.78, 5) is 12.0. The van der Waals surface area contributed by atoms with Gasteiger partial charge >= 0.3 is 0 Å². The third-order valence-corrected chi connectivity index (χ3v) is 2.14. The number of hydrogen-bond donors (Lipinski definition) is 1. The predicted molar refractivity (Wildman–Crippen MR) is 58.2 cm³/mol. The van der Waals surface area contributed by atoms with Crippen molar-refractivity contribution in [3.63, 3.8) is 0 Å². The van der Waals surface area contributed by atoms with E-state index in [9.17, 15) is 0 Å². The first-order chi connectivity index (χ1) is 7.34. The molecule has 0 radical (unpaired) electrons. The molecule has 2 aromatic rings. The van der Waals surface area contributed by atoms with Gasteiger partial charge in [-0.15, -0.1) is 0 Å². The molecule has 6 nitrogen and oxygen atoms in total. The Balaban J connectivity index is 1.81. The minimum absolute atomic E-state index is 0.726. The Labute approximate surface area is 94.9 Å². The standard InChI is InChI=1S/C8H9BrN6/c9-7-3-13-8(4-12-7)11-1-2-15-6-10-5-14-15/h3-6H,1-2H2,(H,11,13). The lowest BCUT2D eigenvalue weighted by atomic mass is 10.6. The maximum atomic E-state index is 4.13. The van der Waals surface area contributed by atoms with Crippen LogP contribution in [-0.2, 0) is 6.54 Å². The Kier molecular flexibility index (Phi) is 3.23. The van der Waals surface area contributed by atoms with E-state index in [4.69, 9.17) is 0 Å². The Hall–Kier alpha value is -1.50. The van der Waals surface area contributed by atoms with Gasteiger partial charge in [-0.2, -0.15) is 5.10 Å². The molecule has 15 heavy (non-hydrogen) atoms. The van der Waals surface area contributed by atoms with E-state index >= 15 is 0 Å². The van der Waals surface area contributed by atoms with Gasteiger partial charge < -0.3 is 5.32 Å². The molecular weight excluding hydrogens is 260 g/mol. The maximum absolute atomic E-state index is 4.13. The third kappa shape index (κ3) is 2.98. The molecule has 0 atom stereocenters. The molecular formula is C8H9BrN6. The number of rotatable bonds is 4. The van der Waals surface area contributed by atoms with Gasteiger partial charge in [0.15, 0.2) is 0 Å². The zero-order chi connectivity index (χ0) is 10.5. The zero-order valence-corrected chi connectivity index (χ0v) is 9.42. The molecule has 0 unspecified atom stereocenters. The molecule has 2 heterocycles. The van der Waals surface area contributed by atoms with Gasteiger partial charge in [0, 0.05) is 6.54 Å². The summed E-state index contributed by atoms with van der Waals surface area (Å²) in [5.41, 5.74) is 0. The Morgan fingerprint density at radius 2 is 2.27 bits per heavy atom. The highest BCUT2D eigenvalue weighted by Crippen LogP contribution is 2.05. The Morgan fingerprint density at radius 1 is 1.33 bits per heavy atom. The minimum Gasteiger partial charge on any atom is -0.367 e. The van der Waals surface area contributed by atoms with Crippen molar-refractivity contribution in [2.75, 3.05) is 11.9 Å². The first-order valence-electron chi connectivity index (χ1n) is 4.38. The van der Waals surface area contributed by atoms with E-state index in [0.29, 0.717) is 0 Å². The van der Waals surface area contributed by atoms with Crippen LogP contribution in [0.3, 0.4) is 0 Å². The molecule has 0 saturated carbocycles. The van der Waals surface area contributed by atoms with Crippen molar-refractivity contribution in [3.8, 4) is 0 Å².